The molecule has 0 heterocycles. The van der Waals surface area contributed by atoms with Gasteiger partial charge in [-0.3, -0.25) is 0 Å². The number of benzene rings is 1. The summed E-state index contributed by atoms with van der Waals surface area (Å²) in [5.41, 5.74) is 0.932. The molecule has 1 aromatic carbocycles. The lowest BCUT2D eigenvalue weighted by Gasteiger charge is -2.04. The highest BCUT2D eigenvalue weighted by molar-refractivity contribution is 6.33. The molecule has 0 radical (unpaired) electrons. The highest BCUT2D eigenvalue weighted by Crippen LogP contribution is 2.05. The van der Waals surface area contributed by atoms with Crippen molar-refractivity contribution in [3.05, 3.63) is 29.6 Å². The van der Waals surface area contributed by atoms with Crippen LogP contribution in [0.2, 0.25) is 0 Å². The quantitative estimate of drug-likeness (QED) is 0.572. The second-order valence-electron chi connectivity index (χ2n) is 2.79. The van der Waals surface area contributed by atoms with Gasteiger partial charge in [0.05, 0.1) is 0 Å². The zero-order valence-electron chi connectivity index (χ0n) is 7.02. The lowest BCUT2D eigenvalue weighted by molar-refractivity contribution is 0.609. The van der Waals surface area contributed by atoms with Crippen molar-refractivity contribution in [2.24, 2.45) is 0 Å². The summed E-state index contributed by atoms with van der Waals surface area (Å²) in [6, 6.07) is 5.35. The Labute approximate surface area is 69.9 Å². The fourth-order valence-electron chi connectivity index (χ4n) is 1.23. The number of rotatable bonds is 2. The molecule has 0 aromatic heterocycles. The third-order valence-corrected chi connectivity index (χ3v) is 2.79. The van der Waals surface area contributed by atoms with Crippen molar-refractivity contribution in [1.29, 1.82) is 0 Å². The predicted molar refractivity (Wildman–Crippen MR) is 50.0 cm³/mol. The average Bonchev–Trinajstić information content (AvgIpc) is 1.97. The van der Waals surface area contributed by atoms with Gasteiger partial charge in [0, 0.05) is 10.2 Å². The molecule has 0 N–H and O–H groups in total. The summed E-state index contributed by atoms with van der Waals surface area (Å²) in [4.78, 5) is 0. The molecule has 0 nitrogen and oxygen atoms in total. The van der Waals surface area contributed by atoms with Crippen molar-refractivity contribution in [3.8, 4) is 0 Å². The van der Waals surface area contributed by atoms with Crippen LogP contribution in [0.4, 0.5) is 4.39 Å². The maximum atomic E-state index is 13.1. The van der Waals surface area contributed by atoms with Gasteiger partial charge in [0.1, 0.15) is 5.82 Å². The van der Waals surface area contributed by atoms with Crippen LogP contribution in [0.3, 0.4) is 0 Å². The van der Waals surface area contributed by atoms with Gasteiger partial charge in [0.25, 0.3) is 0 Å². The Morgan fingerprint density at radius 1 is 1.45 bits per heavy atom. The average molecular weight is 168 g/mol. The van der Waals surface area contributed by atoms with Crippen molar-refractivity contribution in [2.45, 2.75) is 19.8 Å². The van der Waals surface area contributed by atoms with E-state index >= 15 is 0 Å². The van der Waals surface area contributed by atoms with Crippen LogP contribution in [-0.2, 0) is 6.42 Å². The molecule has 0 saturated carbocycles. The van der Waals surface area contributed by atoms with Gasteiger partial charge in [0.2, 0.25) is 0 Å². The number of hydrogen-bond acceptors (Lipinski definition) is 0. The molecular weight excluding hydrogens is 155 g/mol. The zero-order chi connectivity index (χ0) is 8.27. The molecule has 11 heavy (non-hydrogen) atoms. The van der Waals surface area contributed by atoms with Gasteiger partial charge in [0.15, 0.2) is 0 Å². The summed E-state index contributed by atoms with van der Waals surface area (Å²) in [6.45, 7) is 2.08. The Balaban J connectivity index is 3.00. The molecule has 1 aromatic rings. The molecule has 0 aliphatic carbocycles. The summed E-state index contributed by atoms with van der Waals surface area (Å²) in [5.74, 6) is -0.0284. The predicted octanol–water partition coefficient (Wildman–Crippen LogP) is 0.769. The van der Waals surface area contributed by atoms with E-state index in [2.05, 4.69) is 6.92 Å². The highest BCUT2D eigenvalue weighted by atomic mass is 28.1. The van der Waals surface area contributed by atoms with Gasteiger partial charge in [-0.15, -0.1) is 0 Å². The molecule has 0 spiro atoms. The Morgan fingerprint density at radius 3 is 2.73 bits per heavy atom. The molecule has 0 atom stereocenters. The van der Waals surface area contributed by atoms with Gasteiger partial charge in [-0.05, 0) is 18.1 Å². The molecule has 0 saturated heterocycles. The van der Waals surface area contributed by atoms with E-state index in [9.17, 15) is 4.39 Å². The maximum absolute atomic E-state index is 13.1. The van der Waals surface area contributed by atoms with Crippen molar-refractivity contribution in [3.63, 3.8) is 0 Å². The van der Waals surface area contributed by atoms with Crippen LogP contribution < -0.4 is 5.19 Å². The summed E-state index contributed by atoms with van der Waals surface area (Å²) < 4.78 is 13.1. The first-order valence-electron chi connectivity index (χ1n) is 3.99. The minimum absolute atomic E-state index is 0.0284. The monoisotopic (exact) mass is 168 g/mol. The minimum atomic E-state index is -0.0284. The smallest absolute Gasteiger partial charge is 0.126 e. The van der Waals surface area contributed by atoms with Crippen LogP contribution in [0.1, 0.15) is 18.9 Å². The number of hydrogen-bond donors (Lipinski definition) is 0. The highest BCUT2D eigenvalue weighted by Gasteiger charge is 2.01. The molecule has 0 amide bonds. The second kappa shape index (κ2) is 3.67. The van der Waals surface area contributed by atoms with E-state index in [1.807, 2.05) is 6.07 Å². The molecule has 2 heteroatoms. The first kappa shape index (κ1) is 8.46. The van der Waals surface area contributed by atoms with E-state index in [4.69, 9.17) is 0 Å². The van der Waals surface area contributed by atoms with Crippen molar-refractivity contribution in [2.75, 3.05) is 0 Å². The third kappa shape index (κ3) is 1.90. The topological polar surface area (TPSA) is 0 Å². The summed E-state index contributed by atoms with van der Waals surface area (Å²) in [5, 5.41) is 1.20. The minimum Gasteiger partial charge on any atom is -0.207 e. The largest absolute Gasteiger partial charge is 0.207 e. The standard InChI is InChI=1S/C9H13FSi/c1-2-4-7-8(10)5-3-6-9(7)11/h3,5-6H,2,4H2,1,11H3. The van der Waals surface area contributed by atoms with Gasteiger partial charge in [-0.25, -0.2) is 4.39 Å². The second-order valence-corrected chi connectivity index (χ2v) is 3.86. The molecule has 60 valence electrons. The SMILES string of the molecule is CCCc1c(F)cccc1[SiH3]. The van der Waals surface area contributed by atoms with Crippen LogP contribution in [-0.4, -0.2) is 10.2 Å². The van der Waals surface area contributed by atoms with Crippen LogP contribution >= 0.6 is 0 Å². The van der Waals surface area contributed by atoms with E-state index in [1.165, 1.54) is 5.19 Å². The molecule has 0 fully saturated rings. The number of halogens is 1. The Bertz CT molecular complexity index is 225. The van der Waals surface area contributed by atoms with Crippen LogP contribution in [0.15, 0.2) is 18.2 Å². The summed E-state index contributed by atoms with van der Waals surface area (Å²) in [7, 11) is 0.948. The Hall–Kier alpha value is -0.633. The van der Waals surface area contributed by atoms with Crippen molar-refractivity contribution in [1.82, 2.24) is 0 Å². The van der Waals surface area contributed by atoms with Crippen molar-refractivity contribution < 1.29 is 4.39 Å². The van der Waals surface area contributed by atoms with E-state index < -0.39 is 0 Å². The Kier molecular flexibility index (Phi) is 2.82. The lowest BCUT2D eigenvalue weighted by Crippen LogP contribution is -2.11. The Morgan fingerprint density at radius 2 is 2.18 bits per heavy atom. The van der Waals surface area contributed by atoms with Gasteiger partial charge in [-0.2, -0.15) is 0 Å². The maximum Gasteiger partial charge on any atom is 0.126 e. The van der Waals surface area contributed by atoms with Gasteiger partial charge >= 0.3 is 0 Å². The van der Waals surface area contributed by atoms with Crippen LogP contribution in [0.5, 0.6) is 0 Å². The fraction of sp³-hybridized carbons (Fsp3) is 0.333. The molecule has 0 aliphatic heterocycles. The molecule has 0 aliphatic rings. The van der Waals surface area contributed by atoms with E-state index in [-0.39, 0.29) is 5.82 Å². The lowest BCUT2D eigenvalue weighted by atomic mass is 10.1. The van der Waals surface area contributed by atoms with Gasteiger partial charge < -0.3 is 0 Å². The molecule has 1 rings (SSSR count). The van der Waals surface area contributed by atoms with Crippen molar-refractivity contribution >= 4 is 15.4 Å². The normalized spacial score (nSPS) is 10.4. The third-order valence-electron chi connectivity index (χ3n) is 1.85. The zero-order valence-corrected chi connectivity index (χ0v) is 9.02. The molecule has 0 unspecified atom stereocenters. The van der Waals surface area contributed by atoms with Gasteiger partial charge in [-0.1, -0.05) is 30.7 Å². The molecule has 0 bridgehead atoms. The summed E-state index contributed by atoms with van der Waals surface area (Å²) in [6.07, 6.45) is 1.90. The van der Waals surface area contributed by atoms with Crippen LogP contribution in [0.25, 0.3) is 0 Å². The first-order chi connectivity index (χ1) is 5.25. The molecular formula is C9H13FSi. The summed E-state index contributed by atoms with van der Waals surface area (Å²) >= 11 is 0. The first-order valence-corrected chi connectivity index (χ1v) is 4.99. The van der Waals surface area contributed by atoms with E-state index in [0.717, 1.165) is 28.6 Å². The fourth-order valence-corrected chi connectivity index (χ4v) is 1.91. The van der Waals surface area contributed by atoms with E-state index in [1.54, 1.807) is 12.1 Å². The van der Waals surface area contributed by atoms with Crippen LogP contribution in [0, 0.1) is 5.82 Å². The van der Waals surface area contributed by atoms with E-state index in [0.29, 0.717) is 0 Å².